The number of hydrogen-bond acceptors (Lipinski definition) is 4. The van der Waals surface area contributed by atoms with Gasteiger partial charge in [0.15, 0.2) is 6.54 Å². The van der Waals surface area contributed by atoms with Crippen LogP contribution in [0.3, 0.4) is 0 Å². The second kappa shape index (κ2) is 8.78. The van der Waals surface area contributed by atoms with E-state index in [4.69, 9.17) is 4.74 Å². The fourth-order valence-electron chi connectivity index (χ4n) is 2.72. The zero-order valence-corrected chi connectivity index (χ0v) is 15.9. The highest BCUT2D eigenvalue weighted by Gasteiger charge is 2.13. The monoisotopic (exact) mass is 370 g/mol. The molecule has 0 saturated heterocycles. The number of amides is 1. The van der Waals surface area contributed by atoms with Gasteiger partial charge in [0.25, 0.3) is 5.91 Å². The van der Waals surface area contributed by atoms with Gasteiger partial charge in [0.1, 0.15) is 23.9 Å². The second-order valence-electron chi connectivity index (χ2n) is 6.40. The molecule has 3 aromatic rings. The standard InChI is InChI=1S/C20H23N3O2S/c1-15-6-5-7-16(12-15)25-11-10-21-19(24)13-23(2)14-20-22-17-8-3-4-9-18(17)26-20/h3-9,12H,10-11,13-14H2,1-2H3,(H,21,24)/p+1. The van der Waals surface area contributed by atoms with Gasteiger partial charge in [-0.15, -0.1) is 11.3 Å². The molecule has 1 heterocycles. The molecule has 1 unspecified atom stereocenters. The van der Waals surface area contributed by atoms with E-state index in [1.807, 2.05) is 56.4 Å². The van der Waals surface area contributed by atoms with Crippen LogP contribution in [0.5, 0.6) is 5.75 Å². The molecule has 1 amide bonds. The summed E-state index contributed by atoms with van der Waals surface area (Å²) >= 11 is 1.69. The van der Waals surface area contributed by atoms with Gasteiger partial charge >= 0.3 is 0 Å². The van der Waals surface area contributed by atoms with Gasteiger partial charge in [0.2, 0.25) is 0 Å². The van der Waals surface area contributed by atoms with Crippen molar-refractivity contribution in [3.05, 3.63) is 59.1 Å². The summed E-state index contributed by atoms with van der Waals surface area (Å²) in [6, 6.07) is 16.0. The Morgan fingerprint density at radius 3 is 2.88 bits per heavy atom. The van der Waals surface area contributed by atoms with Crippen molar-refractivity contribution in [2.24, 2.45) is 0 Å². The second-order valence-corrected chi connectivity index (χ2v) is 7.52. The topological polar surface area (TPSA) is 55.7 Å². The van der Waals surface area contributed by atoms with E-state index < -0.39 is 0 Å². The fraction of sp³-hybridized carbons (Fsp3) is 0.300. The number of thiazole rings is 1. The molecule has 3 rings (SSSR count). The Morgan fingerprint density at radius 1 is 1.23 bits per heavy atom. The van der Waals surface area contributed by atoms with Crippen molar-refractivity contribution in [1.82, 2.24) is 10.3 Å². The van der Waals surface area contributed by atoms with Crippen LogP contribution in [0.1, 0.15) is 10.6 Å². The molecular weight excluding hydrogens is 346 g/mol. The van der Waals surface area contributed by atoms with Crippen LogP contribution in [0.2, 0.25) is 0 Å². The molecule has 0 aliphatic rings. The normalized spacial score (nSPS) is 12.1. The van der Waals surface area contributed by atoms with Gasteiger partial charge in [-0.05, 0) is 36.8 Å². The summed E-state index contributed by atoms with van der Waals surface area (Å²) in [5, 5.41) is 3.96. The Labute approximate surface area is 157 Å². The van der Waals surface area contributed by atoms with Crippen molar-refractivity contribution in [2.75, 3.05) is 26.7 Å². The van der Waals surface area contributed by atoms with E-state index in [9.17, 15) is 4.79 Å². The highest BCUT2D eigenvalue weighted by molar-refractivity contribution is 7.18. The molecule has 0 bridgehead atoms. The number of benzene rings is 2. The number of carbonyl (C=O) groups is 1. The van der Waals surface area contributed by atoms with Gasteiger partial charge in [-0.1, -0.05) is 24.3 Å². The first kappa shape index (κ1) is 18.4. The van der Waals surface area contributed by atoms with Crippen molar-refractivity contribution < 1.29 is 14.4 Å². The maximum atomic E-state index is 12.1. The molecule has 2 N–H and O–H groups in total. The van der Waals surface area contributed by atoms with Gasteiger partial charge in [-0.3, -0.25) is 4.79 Å². The Balaban J connectivity index is 1.38. The van der Waals surface area contributed by atoms with E-state index in [0.29, 0.717) is 19.7 Å². The highest BCUT2D eigenvalue weighted by Crippen LogP contribution is 2.20. The van der Waals surface area contributed by atoms with E-state index in [-0.39, 0.29) is 5.91 Å². The number of fused-ring (bicyclic) bond motifs is 1. The lowest BCUT2D eigenvalue weighted by molar-refractivity contribution is -0.885. The van der Waals surface area contributed by atoms with E-state index >= 15 is 0 Å². The number of aryl methyl sites for hydroxylation is 1. The number of ether oxygens (including phenoxy) is 1. The van der Waals surface area contributed by atoms with Crippen LogP contribution in [0, 0.1) is 6.92 Å². The molecule has 0 fully saturated rings. The summed E-state index contributed by atoms with van der Waals surface area (Å²) in [4.78, 5) is 17.8. The number of nitrogens with one attached hydrogen (secondary N) is 2. The largest absolute Gasteiger partial charge is 0.492 e. The lowest BCUT2D eigenvalue weighted by Crippen LogP contribution is -3.08. The fourth-order valence-corrected chi connectivity index (χ4v) is 3.80. The molecule has 0 aliphatic heterocycles. The number of para-hydroxylation sites is 1. The Morgan fingerprint density at radius 2 is 2.08 bits per heavy atom. The molecule has 0 aliphatic carbocycles. The summed E-state index contributed by atoms with van der Waals surface area (Å²) < 4.78 is 6.83. The molecule has 0 spiro atoms. The minimum Gasteiger partial charge on any atom is -0.492 e. The van der Waals surface area contributed by atoms with Gasteiger partial charge in [0, 0.05) is 0 Å². The summed E-state index contributed by atoms with van der Waals surface area (Å²) in [7, 11) is 2.01. The zero-order chi connectivity index (χ0) is 18.4. The third kappa shape index (κ3) is 5.28. The van der Waals surface area contributed by atoms with Crippen LogP contribution in [0.25, 0.3) is 10.2 Å². The number of nitrogens with zero attached hydrogens (tertiary/aromatic N) is 1. The first-order valence-corrected chi connectivity index (χ1v) is 9.54. The average molecular weight is 370 g/mol. The summed E-state index contributed by atoms with van der Waals surface area (Å²) in [5.74, 6) is 0.856. The molecule has 136 valence electrons. The smallest absolute Gasteiger partial charge is 0.275 e. The zero-order valence-electron chi connectivity index (χ0n) is 15.1. The molecule has 2 aromatic carbocycles. The number of aromatic nitrogens is 1. The minimum atomic E-state index is 0.0245. The molecule has 0 saturated carbocycles. The lowest BCUT2D eigenvalue weighted by Gasteiger charge is -2.12. The van der Waals surface area contributed by atoms with Gasteiger partial charge < -0.3 is 15.0 Å². The summed E-state index contributed by atoms with van der Waals surface area (Å²) in [6.07, 6.45) is 0. The molecule has 1 aromatic heterocycles. The van der Waals surface area contributed by atoms with E-state index in [1.165, 1.54) is 4.70 Å². The van der Waals surface area contributed by atoms with Crippen molar-refractivity contribution in [2.45, 2.75) is 13.5 Å². The Kier molecular flexibility index (Phi) is 6.20. The molecular formula is C20H24N3O2S+. The van der Waals surface area contributed by atoms with Crippen molar-refractivity contribution >= 4 is 27.5 Å². The first-order valence-electron chi connectivity index (χ1n) is 8.72. The SMILES string of the molecule is Cc1cccc(OCCNC(=O)C[NH+](C)Cc2nc3ccccc3s2)c1. The number of likely N-dealkylation sites (N-methyl/N-ethyl adjacent to an activating group) is 1. The molecule has 6 heteroatoms. The number of carbonyl (C=O) groups excluding carboxylic acids is 1. The van der Waals surface area contributed by atoms with Crippen molar-refractivity contribution in [3.8, 4) is 5.75 Å². The maximum Gasteiger partial charge on any atom is 0.275 e. The molecule has 0 radical (unpaired) electrons. The number of rotatable bonds is 8. The number of hydrogen-bond donors (Lipinski definition) is 2. The predicted octanol–water partition coefficient (Wildman–Crippen LogP) is 1.81. The van der Waals surface area contributed by atoms with Crippen LogP contribution < -0.4 is 15.0 Å². The quantitative estimate of drug-likeness (QED) is 0.595. The molecule has 1 atom stereocenters. The Bertz CT molecular complexity index is 845. The molecule has 5 nitrogen and oxygen atoms in total. The highest BCUT2D eigenvalue weighted by atomic mass is 32.1. The van der Waals surface area contributed by atoms with Crippen LogP contribution in [-0.4, -0.2) is 37.6 Å². The third-order valence-corrected chi connectivity index (χ3v) is 4.97. The van der Waals surface area contributed by atoms with Crippen LogP contribution in [0.15, 0.2) is 48.5 Å². The van der Waals surface area contributed by atoms with E-state index in [1.54, 1.807) is 11.3 Å². The molecule has 26 heavy (non-hydrogen) atoms. The van der Waals surface area contributed by atoms with Crippen LogP contribution in [-0.2, 0) is 11.3 Å². The summed E-state index contributed by atoms with van der Waals surface area (Å²) in [5.41, 5.74) is 2.18. The van der Waals surface area contributed by atoms with Crippen molar-refractivity contribution in [3.63, 3.8) is 0 Å². The predicted molar refractivity (Wildman–Crippen MR) is 105 cm³/mol. The summed E-state index contributed by atoms with van der Waals surface area (Å²) in [6.45, 7) is 4.15. The van der Waals surface area contributed by atoms with Gasteiger partial charge in [-0.2, -0.15) is 0 Å². The first-order chi connectivity index (χ1) is 12.6. The Hall–Kier alpha value is -2.44. The van der Waals surface area contributed by atoms with Crippen molar-refractivity contribution in [1.29, 1.82) is 0 Å². The maximum absolute atomic E-state index is 12.1. The number of quaternary nitrogens is 1. The van der Waals surface area contributed by atoms with Crippen LogP contribution in [0.4, 0.5) is 0 Å². The minimum absolute atomic E-state index is 0.0245. The van der Waals surface area contributed by atoms with Gasteiger partial charge in [-0.25, -0.2) is 4.98 Å². The third-order valence-electron chi connectivity index (χ3n) is 3.94. The average Bonchev–Trinajstić information content (AvgIpc) is 3.00. The van der Waals surface area contributed by atoms with E-state index in [0.717, 1.165) is 33.3 Å². The van der Waals surface area contributed by atoms with Crippen LogP contribution >= 0.6 is 11.3 Å². The van der Waals surface area contributed by atoms with Gasteiger partial charge in [0.05, 0.1) is 23.8 Å². The lowest BCUT2D eigenvalue weighted by atomic mass is 10.2. The van der Waals surface area contributed by atoms with E-state index in [2.05, 4.69) is 16.4 Å².